The molecule has 0 aromatic rings. The number of rotatable bonds is 7. The molecule has 1 aliphatic rings. The number of carbonyl (C=O) groups is 2. The van der Waals surface area contributed by atoms with Crippen LogP contribution in [0.1, 0.15) is 39.5 Å². The lowest BCUT2D eigenvalue weighted by Crippen LogP contribution is -2.61. The lowest BCUT2D eigenvalue weighted by atomic mass is 9.93. The zero-order valence-corrected chi connectivity index (χ0v) is 15.8. The number of piperidine rings is 1. The average Bonchev–Trinajstić information content (AvgIpc) is 2.58. The summed E-state index contributed by atoms with van der Waals surface area (Å²) in [6.07, 6.45) is -11.1. The van der Waals surface area contributed by atoms with E-state index >= 15 is 0 Å². The number of carboxylic acids is 1. The quantitative estimate of drug-likeness (QED) is 0.545. The van der Waals surface area contributed by atoms with E-state index in [2.05, 4.69) is 0 Å². The van der Waals surface area contributed by atoms with E-state index < -0.39 is 60.4 Å². The van der Waals surface area contributed by atoms with Crippen LogP contribution in [0, 0.1) is 5.92 Å². The maximum Gasteiger partial charge on any atom is 0.460 e. The minimum absolute atomic E-state index is 0.0437. The molecular weight excluding hydrogens is 441 g/mol. The van der Waals surface area contributed by atoms with Crippen molar-refractivity contribution in [2.75, 3.05) is 13.1 Å². The number of carbonyl (C=O) groups excluding carboxylic acids is 1. The SMILES string of the molecule is CC(C)(CCC(F)(F)C(F)(F)C(F)(F)C(F)(F)F)OC(=O)N1CCC(C(=O)O)CC1. The third kappa shape index (κ3) is 5.42. The highest BCUT2D eigenvalue weighted by Crippen LogP contribution is 2.54. The van der Waals surface area contributed by atoms with Gasteiger partial charge in [-0.3, -0.25) is 4.79 Å². The van der Waals surface area contributed by atoms with E-state index in [1.807, 2.05) is 0 Å². The van der Waals surface area contributed by atoms with Crippen molar-refractivity contribution in [2.24, 2.45) is 5.92 Å². The molecule has 1 saturated heterocycles. The topological polar surface area (TPSA) is 66.8 Å². The number of ether oxygens (including phenoxy) is 1. The molecule has 1 heterocycles. The third-order valence-electron chi connectivity index (χ3n) is 4.72. The molecule has 0 radical (unpaired) electrons. The summed E-state index contributed by atoms with van der Waals surface area (Å²) in [6.45, 7) is 1.89. The molecule has 0 unspecified atom stereocenters. The van der Waals surface area contributed by atoms with Gasteiger partial charge in [0.2, 0.25) is 0 Å². The van der Waals surface area contributed by atoms with Crippen LogP contribution >= 0.6 is 0 Å². The lowest BCUT2D eigenvalue weighted by molar-refractivity contribution is -0.397. The zero-order chi connectivity index (χ0) is 23.8. The first kappa shape index (κ1) is 26.1. The van der Waals surface area contributed by atoms with Crippen LogP contribution in [0.25, 0.3) is 0 Å². The minimum Gasteiger partial charge on any atom is -0.481 e. The van der Waals surface area contributed by atoms with Crippen molar-refractivity contribution in [1.82, 2.24) is 4.90 Å². The Morgan fingerprint density at radius 2 is 1.37 bits per heavy atom. The summed E-state index contributed by atoms with van der Waals surface area (Å²) in [4.78, 5) is 24.0. The van der Waals surface area contributed by atoms with E-state index in [4.69, 9.17) is 9.84 Å². The molecule has 0 aliphatic carbocycles. The van der Waals surface area contributed by atoms with Crippen molar-refractivity contribution in [1.29, 1.82) is 0 Å². The van der Waals surface area contributed by atoms with Gasteiger partial charge in [-0.15, -0.1) is 0 Å². The van der Waals surface area contributed by atoms with Crippen LogP contribution in [0.3, 0.4) is 0 Å². The Morgan fingerprint density at radius 1 is 0.900 bits per heavy atom. The minimum atomic E-state index is -6.97. The highest BCUT2D eigenvalue weighted by atomic mass is 19.4. The smallest absolute Gasteiger partial charge is 0.460 e. The van der Waals surface area contributed by atoms with Gasteiger partial charge >= 0.3 is 36.0 Å². The monoisotopic (exact) mass is 461 g/mol. The standard InChI is InChI=1S/C16H20F9NO4/c1-12(2,30-11(29)26-7-3-9(4-8-26)10(27)28)5-6-13(17,18)14(19,20)15(21,22)16(23,24)25/h9H,3-8H2,1-2H3,(H,27,28). The van der Waals surface area contributed by atoms with E-state index in [-0.39, 0.29) is 25.9 Å². The summed E-state index contributed by atoms with van der Waals surface area (Å²) in [5, 5.41) is 8.88. The van der Waals surface area contributed by atoms with Gasteiger partial charge in [0.05, 0.1) is 5.92 Å². The Labute approximate surface area is 165 Å². The molecule has 0 atom stereocenters. The van der Waals surface area contributed by atoms with Crippen LogP contribution in [-0.2, 0) is 9.53 Å². The van der Waals surface area contributed by atoms with Crippen LogP contribution in [0.2, 0.25) is 0 Å². The zero-order valence-electron chi connectivity index (χ0n) is 15.8. The number of hydrogen-bond donors (Lipinski definition) is 1. The summed E-state index contributed by atoms with van der Waals surface area (Å²) < 4.78 is 121. The number of alkyl halides is 9. The van der Waals surface area contributed by atoms with E-state index in [0.717, 1.165) is 18.7 Å². The summed E-state index contributed by atoms with van der Waals surface area (Å²) in [5.74, 6) is -21.2. The molecule has 30 heavy (non-hydrogen) atoms. The molecule has 1 fully saturated rings. The highest BCUT2D eigenvalue weighted by molar-refractivity contribution is 5.71. The van der Waals surface area contributed by atoms with Crippen molar-refractivity contribution in [3.05, 3.63) is 0 Å². The molecule has 0 saturated carbocycles. The number of aliphatic carboxylic acids is 1. The number of likely N-dealkylation sites (tertiary alicyclic amines) is 1. The Hall–Kier alpha value is -1.89. The van der Waals surface area contributed by atoms with Gasteiger partial charge in [0.1, 0.15) is 5.60 Å². The molecule has 5 nitrogen and oxygen atoms in total. The molecule has 14 heteroatoms. The molecule has 1 N–H and O–H groups in total. The van der Waals surface area contributed by atoms with Gasteiger partial charge < -0.3 is 14.7 Å². The molecular formula is C16H20F9NO4. The second kappa shape index (κ2) is 8.33. The molecule has 0 bridgehead atoms. The normalized spacial score (nSPS) is 17.8. The Balaban J connectivity index is 2.75. The molecule has 1 rings (SSSR count). The van der Waals surface area contributed by atoms with Crippen molar-refractivity contribution < 1.29 is 58.9 Å². The molecule has 1 amide bonds. The van der Waals surface area contributed by atoms with Crippen LogP contribution in [0.15, 0.2) is 0 Å². The van der Waals surface area contributed by atoms with E-state index in [1.165, 1.54) is 0 Å². The van der Waals surface area contributed by atoms with Crippen molar-refractivity contribution >= 4 is 12.1 Å². The number of halogens is 9. The van der Waals surface area contributed by atoms with Crippen molar-refractivity contribution in [3.63, 3.8) is 0 Å². The molecule has 0 aromatic carbocycles. The van der Waals surface area contributed by atoms with E-state index in [9.17, 15) is 49.1 Å². The number of nitrogens with zero attached hydrogens (tertiary/aromatic N) is 1. The second-order valence-corrected chi connectivity index (χ2v) is 7.58. The molecule has 0 spiro atoms. The second-order valence-electron chi connectivity index (χ2n) is 7.58. The first-order valence-corrected chi connectivity index (χ1v) is 8.66. The van der Waals surface area contributed by atoms with E-state index in [1.54, 1.807) is 0 Å². The van der Waals surface area contributed by atoms with Crippen molar-refractivity contribution in [3.8, 4) is 0 Å². The summed E-state index contributed by atoms with van der Waals surface area (Å²) in [5.41, 5.74) is -1.91. The number of carboxylic acid groups (broad SMARTS) is 1. The van der Waals surface area contributed by atoms with Crippen LogP contribution in [0.4, 0.5) is 44.3 Å². The summed E-state index contributed by atoms with van der Waals surface area (Å²) in [7, 11) is 0. The Kier molecular flexibility index (Phi) is 7.26. The molecule has 176 valence electrons. The van der Waals surface area contributed by atoms with Crippen LogP contribution in [0.5, 0.6) is 0 Å². The fourth-order valence-electron chi connectivity index (χ4n) is 2.68. The number of amides is 1. The van der Waals surface area contributed by atoms with Gasteiger partial charge in [0.15, 0.2) is 0 Å². The van der Waals surface area contributed by atoms with Crippen LogP contribution < -0.4 is 0 Å². The highest BCUT2D eigenvalue weighted by Gasteiger charge is 2.81. The first-order valence-electron chi connectivity index (χ1n) is 8.66. The fourth-order valence-corrected chi connectivity index (χ4v) is 2.68. The molecule has 1 aliphatic heterocycles. The van der Waals surface area contributed by atoms with E-state index in [0.29, 0.717) is 0 Å². The predicted molar refractivity (Wildman–Crippen MR) is 82.6 cm³/mol. The van der Waals surface area contributed by atoms with Gasteiger partial charge in [-0.25, -0.2) is 4.79 Å². The first-order chi connectivity index (χ1) is 13.3. The maximum atomic E-state index is 13.6. The largest absolute Gasteiger partial charge is 0.481 e. The van der Waals surface area contributed by atoms with Crippen molar-refractivity contribution in [2.45, 2.75) is 69.1 Å². The predicted octanol–water partition coefficient (Wildman–Crippen LogP) is 4.95. The Bertz CT molecular complexity index is 641. The van der Waals surface area contributed by atoms with Gasteiger partial charge in [0, 0.05) is 19.5 Å². The average molecular weight is 461 g/mol. The maximum absolute atomic E-state index is 13.6. The number of hydrogen-bond acceptors (Lipinski definition) is 3. The van der Waals surface area contributed by atoms with Crippen LogP contribution in [-0.4, -0.2) is 64.7 Å². The molecule has 0 aromatic heterocycles. The Morgan fingerprint density at radius 3 is 1.77 bits per heavy atom. The summed E-state index contributed by atoms with van der Waals surface area (Å²) >= 11 is 0. The van der Waals surface area contributed by atoms with Gasteiger partial charge in [-0.2, -0.15) is 39.5 Å². The van der Waals surface area contributed by atoms with Gasteiger partial charge in [0.25, 0.3) is 0 Å². The summed E-state index contributed by atoms with van der Waals surface area (Å²) in [6, 6.07) is 0. The van der Waals surface area contributed by atoms with Gasteiger partial charge in [-0.05, 0) is 33.1 Å². The van der Waals surface area contributed by atoms with Gasteiger partial charge in [-0.1, -0.05) is 0 Å². The fraction of sp³-hybridized carbons (Fsp3) is 0.875. The third-order valence-corrected chi connectivity index (χ3v) is 4.72. The lowest BCUT2D eigenvalue weighted by Gasteiger charge is -2.36.